The fraction of sp³-hybridized carbons (Fsp3) is 0.700. The van der Waals surface area contributed by atoms with Gasteiger partial charge in [-0.25, -0.2) is 4.98 Å². The molecule has 0 spiro atoms. The minimum atomic E-state index is -3.46. The van der Waals surface area contributed by atoms with Gasteiger partial charge in [-0.2, -0.15) is 17.4 Å². The van der Waals surface area contributed by atoms with Crippen molar-refractivity contribution in [1.82, 2.24) is 18.6 Å². The Morgan fingerprint density at radius 1 is 1.41 bits per heavy atom. The number of nitrogens with zero attached hydrogens (tertiary/aromatic N) is 3. The van der Waals surface area contributed by atoms with Crippen molar-refractivity contribution in [3.8, 4) is 0 Å². The van der Waals surface area contributed by atoms with Gasteiger partial charge in [-0.05, 0) is 5.92 Å². The molecule has 17 heavy (non-hydrogen) atoms. The van der Waals surface area contributed by atoms with E-state index in [4.69, 9.17) is 0 Å². The molecule has 1 atom stereocenters. The van der Waals surface area contributed by atoms with Crippen molar-refractivity contribution >= 4 is 10.2 Å². The summed E-state index contributed by atoms with van der Waals surface area (Å²) in [5.41, 5.74) is 0. The van der Waals surface area contributed by atoms with E-state index < -0.39 is 10.2 Å². The third-order valence-corrected chi connectivity index (χ3v) is 4.07. The third-order valence-electron chi connectivity index (χ3n) is 2.56. The topological polar surface area (TPSA) is 67.2 Å². The van der Waals surface area contributed by atoms with Crippen LogP contribution in [0.2, 0.25) is 0 Å². The number of hydrogen-bond acceptors (Lipinski definition) is 3. The van der Waals surface area contributed by atoms with Gasteiger partial charge in [0.25, 0.3) is 10.2 Å². The predicted octanol–water partition coefficient (Wildman–Crippen LogP) is 0.513. The van der Waals surface area contributed by atoms with Gasteiger partial charge in [0.1, 0.15) is 5.82 Å². The Labute approximate surface area is 103 Å². The van der Waals surface area contributed by atoms with E-state index in [1.54, 1.807) is 12.4 Å². The normalized spacial score (nSPS) is 14.5. The van der Waals surface area contributed by atoms with Crippen LogP contribution in [0.4, 0.5) is 0 Å². The highest BCUT2D eigenvalue weighted by atomic mass is 32.2. The first-order chi connectivity index (χ1) is 7.75. The first kappa shape index (κ1) is 14.1. The molecule has 0 fully saturated rings. The van der Waals surface area contributed by atoms with Gasteiger partial charge in [-0.3, -0.25) is 0 Å². The van der Waals surface area contributed by atoms with E-state index in [-0.39, 0.29) is 12.0 Å². The first-order valence-electron chi connectivity index (χ1n) is 5.42. The largest absolute Gasteiger partial charge is 0.337 e. The number of hydrogen-bond donors (Lipinski definition) is 1. The van der Waals surface area contributed by atoms with Gasteiger partial charge < -0.3 is 4.57 Å². The van der Waals surface area contributed by atoms with Gasteiger partial charge in [0.15, 0.2) is 0 Å². The van der Waals surface area contributed by atoms with Crippen LogP contribution in [0.1, 0.15) is 25.7 Å². The van der Waals surface area contributed by atoms with Crippen molar-refractivity contribution in [3.63, 3.8) is 0 Å². The Kier molecular flexibility index (Phi) is 4.29. The van der Waals surface area contributed by atoms with Crippen LogP contribution in [-0.2, 0) is 17.3 Å². The number of aromatic nitrogens is 2. The fourth-order valence-electron chi connectivity index (χ4n) is 1.43. The van der Waals surface area contributed by atoms with Crippen LogP contribution >= 0.6 is 0 Å². The van der Waals surface area contributed by atoms with Gasteiger partial charge in [0.05, 0.1) is 6.04 Å². The summed E-state index contributed by atoms with van der Waals surface area (Å²) in [6.45, 7) is 3.91. The highest BCUT2D eigenvalue weighted by Gasteiger charge is 2.26. The van der Waals surface area contributed by atoms with Crippen molar-refractivity contribution in [3.05, 3.63) is 18.2 Å². The number of nitrogens with one attached hydrogen (secondary N) is 1. The van der Waals surface area contributed by atoms with Gasteiger partial charge in [0.2, 0.25) is 0 Å². The van der Waals surface area contributed by atoms with Crippen molar-refractivity contribution < 1.29 is 8.42 Å². The van der Waals surface area contributed by atoms with Gasteiger partial charge in [0, 0.05) is 33.5 Å². The molecular formula is C10H20N4O2S. The minimum Gasteiger partial charge on any atom is -0.337 e. The quantitative estimate of drug-likeness (QED) is 0.839. The van der Waals surface area contributed by atoms with Crippen molar-refractivity contribution in [2.75, 3.05) is 14.1 Å². The molecule has 0 radical (unpaired) electrons. The molecule has 0 amide bonds. The van der Waals surface area contributed by atoms with E-state index in [1.807, 2.05) is 25.5 Å². The molecule has 0 aliphatic rings. The summed E-state index contributed by atoms with van der Waals surface area (Å²) < 4.78 is 29.3. The lowest BCUT2D eigenvalue weighted by molar-refractivity contribution is 0.416. The molecular weight excluding hydrogens is 240 g/mol. The van der Waals surface area contributed by atoms with Crippen LogP contribution in [0.25, 0.3) is 0 Å². The van der Waals surface area contributed by atoms with E-state index in [2.05, 4.69) is 9.71 Å². The summed E-state index contributed by atoms with van der Waals surface area (Å²) in [6.07, 6.45) is 3.46. The molecule has 1 N–H and O–H groups in total. The zero-order valence-corrected chi connectivity index (χ0v) is 11.7. The highest BCUT2D eigenvalue weighted by molar-refractivity contribution is 7.87. The maximum Gasteiger partial charge on any atom is 0.279 e. The molecule has 0 aliphatic carbocycles. The third kappa shape index (κ3) is 3.27. The maximum atomic E-state index is 11.8. The van der Waals surface area contributed by atoms with E-state index in [0.717, 1.165) is 4.31 Å². The summed E-state index contributed by atoms with van der Waals surface area (Å²) in [6, 6.07) is -0.331. The molecule has 0 unspecified atom stereocenters. The lowest BCUT2D eigenvalue weighted by Gasteiger charge is -2.23. The number of rotatable bonds is 5. The van der Waals surface area contributed by atoms with Gasteiger partial charge >= 0.3 is 0 Å². The van der Waals surface area contributed by atoms with E-state index in [1.165, 1.54) is 14.1 Å². The van der Waals surface area contributed by atoms with Crippen LogP contribution in [0.5, 0.6) is 0 Å². The van der Waals surface area contributed by atoms with E-state index in [0.29, 0.717) is 5.82 Å². The molecule has 98 valence electrons. The lowest BCUT2D eigenvalue weighted by atomic mass is 10.1. The molecule has 1 rings (SSSR count). The predicted molar refractivity (Wildman–Crippen MR) is 66.5 cm³/mol. The number of imidazole rings is 1. The molecule has 1 aromatic rings. The summed E-state index contributed by atoms with van der Waals surface area (Å²) in [4.78, 5) is 4.20. The lowest BCUT2D eigenvalue weighted by Crippen LogP contribution is -2.40. The molecule has 1 aromatic heterocycles. The standard InChI is InChI=1S/C10H20N4O2S/c1-8(2)9(10-11-6-7-14(10)5)12-17(15,16)13(3)4/h6-9,12H,1-5H3/t9-/m0/s1. The van der Waals surface area contributed by atoms with Crippen LogP contribution in [0.15, 0.2) is 12.4 Å². The SMILES string of the molecule is CC(C)[C@H](NS(=O)(=O)N(C)C)c1nccn1C. The van der Waals surface area contributed by atoms with Crippen LogP contribution < -0.4 is 4.72 Å². The van der Waals surface area contributed by atoms with Crippen LogP contribution in [-0.4, -0.2) is 36.4 Å². The van der Waals surface area contributed by atoms with Crippen molar-refractivity contribution in [2.45, 2.75) is 19.9 Å². The summed E-state index contributed by atoms with van der Waals surface area (Å²) >= 11 is 0. The Hall–Kier alpha value is -0.920. The summed E-state index contributed by atoms with van der Waals surface area (Å²) in [7, 11) is 1.39. The highest BCUT2D eigenvalue weighted by Crippen LogP contribution is 2.20. The monoisotopic (exact) mass is 260 g/mol. The second-order valence-corrected chi connectivity index (χ2v) is 6.44. The Balaban J connectivity index is 3.02. The van der Waals surface area contributed by atoms with Crippen LogP contribution in [0.3, 0.4) is 0 Å². The molecule has 0 saturated heterocycles. The Bertz CT molecular complexity index is 464. The van der Waals surface area contributed by atoms with E-state index >= 15 is 0 Å². The molecule has 0 saturated carbocycles. The maximum absolute atomic E-state index is 11.8. The van der Waals surface area contributed by atoms with E-state index in [9.17, 15) is 8.42 Å². The Morgan fingerprint density at radius 2 is 2.00 bits per heavy atom. The zero-order valence-electron chi connectivity index (χ0n) is 10.9. The van der Waals surface area contributed by atoms with Crippen molar-refractivity contribution in [1.29, 1.82) is 0 Å². The summed E-state index contributed by atoms with van der Waals surface area (Å²) in [5, 5.41) is 0. The average molecular weight is 260 g/mol. The second-order valence-electron chi connectivity index (χ2n) is 4.52. The molecule has 7 heteroatoms. The average Bonchev–Trinajstić information content (AvgIpc) is 2.60. The molecule has 0 bridgehead atoms. The van der Waals surface area contributed by atoms with Gasteiger partial charge in [-0.1, -0.05) is 13.8 Å². The fourth-order valence-corrected chi connectivity index (χ4v) is 2.34. The first-order valence-corrected chi connectivity index (χ1v) is 6.86. The van der Waals surface area contributed by atoms with Crippen LogP contribution in [0, 0.1) is 5.92 Å². The molecule has 1 heterocycles. The molecule has 0 aromatic carbocycles. The minimum absolute atomic E-state index is 0.117. The molecule has 6 nitrogen and oxygen atoms in total. The molecule has 0 aliphatic heterocycles. The zero-order chi connectivity index (χ0) is 13.2. The van der Waals surface area contributed by atoms with Gasteiger partial charge in [-0.15, -0.1) is 0 Å². The summed E-state index contributed by atoms with van der Waals surface area (Å²) in [5.74, 6) is 0.830. The Morgan fingerprint density at radius 3 is 2.35 bits per heavy atom. The number of aryl methyl sites for hydroxylation is 1. The second kappa shape index (κ2) is 5.16. The van der Waals surface area contributed by atoms with Crippen molar-refractivity contribution in [2.24, 2.45) is 13.0 Å². The smallest absolute Gasteiger partial charge is 0.279 e.